The first-order chi connectivity index (χ1) is 15.8. The molecule has 3 fully saturated rings. The van der Waals surface area contributed by atoms with E-state index < -0.39 is 5.82 Å². The molecule has 1 aromatic carbocycles. The average molecular weight is 472 g/mol. The van der Waals surface area contributed by atoms with E-state index in [1.165, 1.54) is 12.4 Å². The number of fused-ring (bicyclic) bond motifs is 2. The molecule has 3 heterocycles. The van der Waals surface area contributed by atoms with Gasteiger partial charge in [0.15, 0.2) is 11.5 Å². The van der Waals surface area contributed by atoms with Gasteiger partial charge in [-0.05, 0) is 44.7 Å². The fourth-order valence-electron chi connectivity index (χ4n) is 4.55. The van der Waals surface area contributed by atoms with E-state index in [9.17, 15) is 4.79 Å². The van der Waals surface area contributed by atoms with Gasteiger partial charge < -0.3 is 19.7 Å². The number of ether oxygens (including phenoxy) is 2. The fourth-order valence-corrected chi connectivity index (χ4v) is 4.77. The third kappa shape index (κ3) is 4.40. The number of hydrogen-bond acceptors (Lipinski definition) is 6. The Hall–Kier alpha value is -3.12. The molecule has 2 aromatic rings. The van der Waals surface area contributed by atoms with E-state index in [1.807, 2.05) is 11.8 Å². The Bertz CT molecular complexity index is 1120. The van der Waals surface area contributed by atoms with Gasteiger partial charge in [-0.2, -0.15) is 9.37 Å². The number of benzene rings is 1. The number of amides is 1. The first kappa shape index (κ1) is 21.7. The van der Waals surface area contributed by atoms with Gasteiger partial charge in [0.25, 0.3) is 5.88 Å². The molecule has 1 aromatic heterocycles. The minimum atomic E-state index is -0.723. The summed E-state index contributed by atoms with van der Waals surface area (Å²) in [5.74, 6) is -0.940. The van der Waals surface area contributed by atoms with Crippen LogP contribution in [0.5, 0.6) is 5.88 Å². The molecule has 0 spiro atoms. The van der Waals surface area contributed by atoms with Crippen LogP contribution in [0.1, 0.15) is 45.4 Å². The van der Waals surface area contributed by atoms with Crippen molar-refractivity contribution in [3.05, 3.63) is 46.8 Å². The Morgan fingerprint density at radius 3 is 2.67 bits per heavy atom. The Morgan fingerprint density at radius 1 is 1.30 bits per heavy atom. The second kappa shape index (κ2) is 8.34. The SMILES string of the molecule is [C-]#[N+]c1ccc(Nc2ncnc(OC3CC4CCC(C3)N4C(=O)OC3(C)CC3)c2F)c(Cl)c1. The largest absolute Gasteiger partial charge is 0.472 e. The lowest BCUT2D eigenvalue weighted by molar-refractivity contribution is 0.0108. The van der Waals surface area contributed by atoms with Crippen molar-refractivity contribution in [3.63, 3.8) is 0 Å². The number of nitrogens with zero attached hydrogens (tertiary/aromatic N) is 4. The summed E-state index contributed by atoms with van der Waals surface area (Å²) in [6.45, 7) is 9.00. The molecule has 5 rings (SSSR count). The third-order valence-corrected chi connectivity index (χ3v) is 6.87. The molecule has 2 aliphatic heterocycles. The molecular formula is C23H23ClFN5O3. The van der Waals surface area contributed by atoms with Crippen LogP contribution >= 0.6 is 11.6 Å². The number of carbonyl (C=O) groups is 1. The van der Waals surface area contributed by atoms with Crippen LogP contribution in [0.4, 0.5) is 26.4 Å². The quantitative estimate of drug-likeness (QED) is 0.569. The molecule has 1 N–H and O–H groups in total. The van der Waals surface area contributed by atoms with Crippen LogP contribution in [0.2, 0.25) is 5.02 Å². The van der Waals surface area contributed by atoms with Crippen molar-refractivity contribution in [2.75, 3.05) is 5.32 Å². The maximum Gasteiger partial charge on any atom is 0.410 e. The van der Waals surface area contributed by atoms with E-state index in [0.29, 0.717) is 24.2 Å². The standard InChI is InChI=1S/C23H23ClFN5O3/c1-23(7-8-23)33-22(31)30-14-4-5-15(30)11-16(10-14)32-21-19(25)20(27-12-28-21)29-18-6-3-13(26-2)9-17(18)24/h3,6,9,12,14-16H,4-5,7-8,10-11H2,1H3,(H,27,28,29). The van der Waals surface area contributed by atoms with Crippen LogP contribution in [0, 0.1) is 12.4 Å². The number of piperidine rings is 1. The molecule has 3 aliphatic rings. The highest BCUT2D eigenvalue weighted by molar-refractivity contribution is 6.33. The second-order valence-corrected chi connectivity index (χ2v) is 9.47. The predicted octanol–water partition coefficient (Wildman–Crippen LogP) is 5.63. The number of carbonyl (C=O) groups excluding carboxylic acids is 1. The van der Waals surface area contributed by atoms with E-state index in [2.05, 4.69) is 20.1 Å². The Morgan fingerprint density at radius 2 is 2.03 bits per heavy atom. The highest BCUT2D eigenvalue weighted by Gasteiger charge is 2.49. The molecule has 8 nitrogen and oxygen atoms in total. The first-order valence-electron chi connectivity index (χ1n) is 11.0. The molecule has 172 valence electrons. The van der Waals surface area contributed by atoms with E-state index in [4.69, 9.17) is 27.6 Å². The number of anilines is 2. The lowest BCUT2D eigenvalue weighted by Crippen LogP contribution is -2.50. The lowest BCUT2D eigenvalue weighted by Gasteiger charge is -2.38. The molecule has 33 heavy (non-hydrogen) atoms. The van der Waals surface area contributed by atoms with Gasteiger partial charge in [-0.3, -0.25) is 0 Å². The summed E-state index contributed by atoms with van der Waals surface area (Å²) in [7, 11) is 0. The highest BCUT2D eigenvalue weighted by Crippen LogP contribution is 2.43. The van der Waals surface area contributed by atoms with Crippen LogP contribution in [-0.2, 0) is 4.74 Å². The zero-order valence-corrected chi connectivity index (χ0v) is 18.8. The molecule has 1 amide bonds. The molecule has 2 unspecified atom stereocenters. The summed E-state index contributed by atoms with van der Waals surface area (Å²) >= 11 is 6.18. The maximum atomic E-state index is 15.1. The van der Waals surface area contributed by atoms with Gasteiger partial charge in [0.05, 0.1) is 17.3 Å². The topological polar surface area (TPSA) is 80.9 Å². The van der Waals surface area contributed by atoms with Crippen LogP contribution in [0.3, 0.4) is 0 Å². The predicted molar refractivity (Wildman–Crippen MR) is 119 cm³/mol. The van der Waals surface area contributed by atoms with Crippen molar-refractivity contribution in [2.45, 2.75) is 69.2 Å². The fraction of sp³-hybridized carbons (Fsp3) is 0.478. The summed E-state index contributed by atoms with van der Waals surface area (Å²) < 4.78 is 26.7. The van der Waals surface area contributed by atoms with Gasteiger partial charge in [-0.25, -0.2) is 14.6 Å². The van der Waals surface area contributed by atoms with Crippen molar-refractivity contribution in [2.24, 2.45) is 0 Å². The number of hydrogen-bond donors (Lipinski definition) is 1. The normalized spacial score (nSPS) is 24.7. The third-order valence-electron chi connectivity index (χ3n) is 6.56. The smallest absolute Gasteiger partial charge is 0.410 e. The molecule has 10 heteroatoms. The maximum absolute atomic E-state index is 15.1. The van der Waals surface area contributed by atoms with Gasteiger partial charge in [-0.1, -0.05) is 17.7 Å². The highest BCUT2D eigenvalue weighted by atomic mass is 35.5. The Balaban J connectivity index is 1.26. The molecule has 0 radical (unpaired) electrons. The molecule has 1 aliphatic carbocycles. The van der Waals surface area contributed by atoms with Gasteiger partial charge in [0, 0.05) is 24.9 Å². The summed E-state index contributed by atoms with van der Waals surface area (Å²) in [5, 5.41) is 3.12. The zero-order chi connectivity index (χ0) is 23.2. The van der Waals surface area contributed by atoms with Crippen LogP contribution in [0.25, 0.3) is 4.85 Å². The lowest BCUT2D eigenvalue weighted by atomic mass is 10.0. The monoisotopic (exact) mass is 471 g/mol. The first-order valence-corrected chi connectivity index (χ1v) is 11.4. The van der Waals surface area contributed by atoms with Crippen molar-refractivity contribution in [3.8, 4) is 5.88 Å². The van der Waals surface area contributed by atoms with Crippen LogP contribution in [-0.4, -0.2) is 44.7 Å². The van der Waals surface area contributed by atoms with Crippen molar-refractivity contribution in [1.82, 2.24) is 14.9 Å². The zero-order valence-electron chi connectivity index (χ0n) is 18.1. The average Bonchev–Trinajstić information content (AvgIpc) is 3.44. The van der Waals surface area contributed by atoms with Gasteiger partial charge in [-0.15, -0.1) is 0 Å². The van der Waals surface area contributed by atoms with Gasteiger partial charge in [0.1, 0.15) is 18.0 Å². The van der Waals surface area contributed by atoms with E-state index in [1.54, 1.807) is 12.1 Å². The number of aromatic nitrogens is 2. The minimum absolute atomic E-state index is 0.0193. The molecular weight excluding hydrogens is 449 g/mol. The van der Waals surface area contributed by atoms with E-state index in [-0.39, 0.29) is 46.6 Å². The van der Waals surface area contributed by atoms with Crippen molar-refractivity contribution < 1.29 is 18.7 Å². The van der Waals surface area contributed by atoms with Crippen molar-refractivity contribution >= 4 is 34.9 Å². The number of rotatable bonds is 5. The Labute approximate surface area is 195 Å². The van der Waals surface area contributed by atoms with E-state index in [0.717, 1.165) is 25.7 Å². The van der Waals surface area contributed by atoms with Crippen molar-refractivity contribution in [1.29, 1.82) is 0 Å². The molecule has 2 bridgehead atoms. The number of nitrogens with one attached hydrogen (secondary N) is 1. The summed E-state index contributed by atoms with van der Waals surface area (Å²) in [5.41, 5.74) is 0.493. The summed E-state index contributed by atoms with van der Waals surface area (Å²) in [6.07, 6.45) is 5.49. The van der Waals surface area contributed by atoms with Crippen LogP contribution in [0.15, 0.2) is 24.5 Å². The number of halogens is 2. The van der Waals surface area contributed by atoms with Gasteiger partial charge >= 0.3 is 6.09 Å². The second-order valence-electron chi connectivity index (χ2n) is 9.06. The minimum Gasteiger partial charge on any atom is -0.472 e. The van der Waals surface area contributed by atoms with Crippen LogP contribution < -0.4 is 10.1 Å². The Kier molecular flexibility index (Phi) is 5.49. The summed E-state index contributed by atoms with van der Waals surface area (Å²) in [4.78, 5) is 25.8. The summed E-state index contributed by atoms with van der Waals surface area (Å²) in [6, 6.07) is 4.70. The van der Waals surface area contributed by atoms with Gasteiger partial charge in [0.2, 0.25) is 5.82 Å². The molecule has 2 saturated heterocycles. The van der Waals surface area contributed by atoms with E-state index >= 15 is 4.39 Å². The molecule has 2 atom stereocenters. The molecule has 1 saturated carbocycles.